The number of nitrogens with zero attached hydrogens (tertiary/aromatic N) is 1. The Kier molecular flexibility index (Phi) is 2.49. The number of halogens is 1. The molecular weight excluding hydrogens is 162 g/mol. The first-order valence-corrected chi connectivity index (χ1v) is 3.48. The minimum Gasteiger partial charge on any atom is -0.495 e. The number of pyridine rings is 1. The van der Waals surface area contributed by atoms with Crippen molar-refractivity contribution in [1.29, 1.82) is 0 Å². The summed E-state index contributed by atoms with van der Waals surface area (Å²) in [5.74, 6) is 0.622. The van der Waals surface area contributed by atoms with E-state index in [0.29, 0.717) is 16.5 Å². The average molecular weight is 170 g/mol. The van der Waals surface area contributed by atoms with Crippen molar-refractivity contribution < 1.29 is 4.74 Å². The molecule has 0 aliphatic heterocycles. The second-order valence-corrected chi connectivity index (χ2v) is 2.29. The Hall–Kier alpha value is -1.02. The summed E-state index contributed by atoms with van der Waals surface area (Å²) < 4.78 is 4.97. The molecule has 1 rings (SSSR count). The first-order chi connectivity index (χ1) is 5.29. The lowest BCUT2D eigenvalue weighted by molar-refractivity contribution is 0.414. The Morgan fingerprint density at radius 3 is 3.00 bits per heavy atom. The fraction of sp³-hybridized carbons (Fsp3) is 0.125. The third-order valence-corrected chi connectivity index (χ3v) is 1.67. The number of ether oxygens (including phenoxy) is 1. The molecule has 0 spiro atoms. The molecule has 58 valence electrons. The molecule has 1 aromatic heterocycles. The van der Waals surface area contributed by atoms with Gasteiger partial charge in [-0.2, -0.15) is 0 Å². The summed E-state index contributed by atoms with van der Waals surface area (Å²) in [6, 6.07) is 1.70. The minimum absolute atomic E-state index is 0.505. The SMILES string of the molecule is C=Cc1nccc(OC)c1Cl. The Bertz CT molecular complexity index is 273. The van der Waals surface area contributed by atoms with Crippen LogP contribution in [-0.2, 0) is 0 Å². The van der Waals surface area contributed by atoms with Crippen molar-refractivity contribution in [1.82, 2.24) is 4.98 Å². The molecule has 0 amide bonds. The summed E-state index contributed by atoms with van der Waals surface area (Å²) in [7, 11) is 1.56. The van der Waals surface area contributed by atoms with E-state index in [4.69, 9.17) is 16.3 Å². The fourth-order valence-corrected chi connectivity index (χ4v) is 1.01. The number of rotatable bonds is 2. The van der Waals surface area contributed by atoms with E-state index < -0.39 is 0 Å². The molecule has 0 aliphatic rings. The average Bonchev–Trinajstić information content (AvgIpc) is 2.05. The first-order valence-electron chi connectivity index (χ1n) is 3.10. The van der Waals surface area contributed by atoms with Crippen molar-refractivity contribution in [2.24, 2.45) is 0 Å². The molecule has 1 heterocycles. The molecule has 11 heavy (non-hydrogen) atoms. The van der Waals surface area contributed by atoms with E-state index in [1.807, 2.05) is 0 Å². The lowest BCUT2D eigenvalue weighted by Crippen LogP contribution is -1.88. The molecule has 0 radical (unpaired) electrons. The Morgan fingerprint density at radius 1 is 1.73 bits per heavy atom. The van der Waals surface area contributed by atoms with Crippen LogP contribution < -0.4 is 4.74 Å². The molecule has 0 aliphatic carbocycles. The van der Waals surface area contributed by atoms with Gasteiger partial charge in [0, 0.05) is 12.3 Å². The highest BCUT2D eigenvalue weighted by Gasteiger charge is 2.03. The number of hydrogen-bond acceptors (Lipinski definition) is 2. The highest BCUT2D eigenvalue weighted by atomic mass is 35.5. The highest BCUT2D eigenvalue weighted by Crippen LogP contribution is 2.26. The second kappa shape index (κ2) is 3.39. The number of methoxy groups -OCH3 is 1. The van der Waals surface area contributed by atoms with Gasteiger partial charge in [0.25, 0.3) is 0 Å². The van der Waals surface area contributed by atoms with Gasteiger partial charge in [0.2, 0.25) is 0 Å². The first kappa shape index (κ1) is 8.08. The van der Waals surface area contributed by atoms with Crippen molar-refractivity contribution in [3.63, 3.8) is 0 Å². The summed E-state index contributed by atoms with van der Waals surface area (Å²) in [6.45, 7) is 3.56. The van der Waals surface area contributed by atoms with Crippen LogP contribution in [0.15, 0.2) is 18.8 Å². The van der Waals surface area contributed by atoms with Gasteiger partial charge in [-0.3, -0.25) is 4.98 Å². The van der Waals surface area contributed by atoms with Crippen LogP contribution in [0.1, 0.15) is 5.69 Å². The monoisotopic (exact) mass is 169 g/mol. The molecule has 1 aromatic rings. The van der Waals surface area contributed by atoms with Crippen LogP contribution in [0, 0.1) is 0 Å². The van der Waals surface area contributed by atoms with Crippen LogP contribution in [0.5, 0.6) is 5.75 Å². The van der Waals surface area contributed by atoms with E-state index >= 15 is 0 Å². The van der Waals surface area contributed by atoms with E-state index in [1.165, 1.54) is 0 Å². The van der Waals surface area contributed by atoms with Crippen molar-refractivity contribution in [2.75, 3.05) is 7.11 Å². The third kappa shape index (κ3) is 1.52. The Balaban J connectivity index is 3.20. The van der Waals surface area contributed by atoms with Crippen LogP contribution in [0.4, 0.5) is 0 Å². The Labute approximate surface area is 70.5 Å². The standard InChI is InChI=1S/C8H8ClNO/c1-3-6-8(9)7(11-2)4-5-10-6/h3-5H,1H2,2H3. The van der Waals surface area contributed by atoms with Gasteiger partial charge in [0.1, 0.15) is 10.8 Å². The zero-order valence-corrected chi connectivity index (χ0v) is 6.93. The van der Waals surface area contributed by atoms with E-state index in [0.717, 1.165) is 0 Å². The van der Waals surface area contributed by atoms with Crippen LogP contribution in [0.3, 0.4) is 0 Å². The quantitative estimate of drug-likeness (QED) is 0.678. The molecule has 0 aromatic carbocycles. The topological polar surface area (TPSA) is 22.1 Å². The lowest BCUT2D eigenvalue weighted by atomic mass is 10.3. The third-order valence-electron chi connectivity index (χ3n) is 1.29. The molecule has 0 saturated carbocycles. The highest BCUT2D eigenvalue weighted by molar-refractivity contribution is 6.33. The minimum atomic E-state index is 0.505. The van der Waals surface area contributed by atoms with Crippen LogP contribution in [0.25, 0.3) is 6.08 Å². The molecule has 0 atom stereocenters. The maximum Gasteiger partial charge on any atom is 0.141 e. The van der Waals surface area contributed by atoms with E-state index in [2.05, 4.69) is 11.6 Å². The molecule has 0 unspecified atom stereocenters. The smallest absolute Gasteiger partial charge is 0.141 e. The van der Waals surface area contributed by atoms with Gasteiger partial charge in [0.15, 0.2) is 0 Å². The van der Waals surface area contributed by atoms with Gasteiger partial charge in [-0.05, 0) is 6.08 Å². The fourth-order valence-electron chi connectivity index (χ4n) is 0.741. The molecule has 3 heteroatoms. The number of hydrogen-bond donors (Lipinski definition) is 0. The van der Waals surface area contributed by atoms with E-state index in [9.17, 15) is 0 Å². The number of aromatic nitrogens is 1. The zero-order chi connectivity index (χ0) is 8.27. The molecule has 0 fully saturated rings. The van der Waals surface area contributed by atoms with Crippen LogP contribution >= 0.6 is 11.6 Å². The zero-order valence-electron chi connectivity index (χ0n) is 6.17. The maximum absolute atomic E-state index is 5.85. The Morgan fingerprint density at radius 2 is 2.45 bits per heavy atom. The van der Waals surface area contributed by atoms with E-state index in [-0.39, 0.29) is 0 Å². The molecule has 0 N–H and O–H groups in total. The lowest BCUT2D eigenvalue weighted by Gasteiger charge is -2.02. The van der Waals surface area contributed by atoms with Gasteiger partial charge >= 0.3 is 0 Å². The predicted octanol–water partition coefficient (Wildman–Crippen LogP) is 2.39. The van der Waals surface area contributed by atoms with Crippen molar-refractivity contribution in [3.05, 3.63) is 29.6 Å². The van der Waals surface area contributed by atoms with Gasteiger partial charge in [-0.25, -0.2) is 0 Å². The molecule has 2 nitrogen and oxygen atoms in total. The largest absolute Gasteiger partial charge is 0.495 e. The normalized spacial score (nSPS) is 9.27. The van der Waals surface area contributed by atoms with E-state index in [1.54, 1.807) is 25.4 Å². The molecule has 0 saturated heterocycles. The van der Waals surface area contributed by atoms with Gasteiger partial charge in [-0.1, -0.05) is 18.2 Å². The van der Waals surface area contributed by atoms with Crippen molar-refractivity contribution in [2.45, 2.75) is 0 Å². The van der Waals surface area contributed by atoms with Gasteiger partial charge < -0.3 is 4.74 Å². The second-order valence-electron chi connectivity index (χ2n) is 1.92. The van der Waals surface area contributed by atoms with Crippen LogP contribution in [-0.4, -0.2) is 12.1 Å². The van der Waals surface area contributed by atoms with Crippen molar-refractivity contribution >= 4 is 17.7 Å². The van der Waals surface area contributed by atoms with Gasteiger partial charge in [0.05, 0.1) is 12.8 Å². The maximum atomic E-state index is 5.85. The van der Waals surface area contributed by atoms with Crippen molar-refractivity contribution in [3.8, 4) is 5.75 Å². The van der Waals surface area contributed by atoms with Gasteiger partial charge in [-0.15, -0.1) is 0 Å². The summed E-state index contributed by atoms with van der Waals surface area (Å²) in [6.07, 6.45) is 3.21. The summed E-state index contributed by atoms with van der Waals surface area (Å²) in [4.78, 5) is 3.98. The summed E-state index contributed by atoms with van der Waals surface area (Å²) >= 11 is 5.85. The molecule has 0 bridgehead atoms. The summed E-state index contributed by atoms with van der Waals surface area (Å²) in [5.41, 5.74) is 0.644. The molecular formula is C8H8ClNO. The summed E-state index contributed by atoms with van der Waals surface area (Å²) in [5, 5.41) is 0.505. The predicted molar refractivity (Wildman–Crippen MR) is 45.9 cm³/mol. The van der Waals surface area contributed by atoms with Crippen LogP contribution in [0.2, 0.25) is 5.02 Å².